The van der Waals surface area contributed by atoms with Crippen molar-refractivity contribution >= 4 is 17.3 Å². The zero-order valence-corrected chi connectivity index (χ0v) is 14.1. The van der Waals surface area contributed by atoms with Crippen molar-refractivity contribution in [1.29, 1.82) is 0 Å². The van der Waals surface area contributed by atoms with Crippen LogP contribution in [0.3, 0.4) is 0 Å². The Morgan fingerprint density at radius 1 is 1.15 bits per heavy atom. The first-order chi connectivity index (χ1) is 9.31. The van der Waals surface area contributed by atoms with E-state index in [9.17, 15) is 0 Å². The Labute approximate surface area is 128 Å². The normalized spacial score (nSPS) is 13.1. The minimum absolute atomic E-state index is 0.0156. The quantitative estimate of drug-likeness (QED) is 0.837. The van der Waals surface area contributed by atoms with Gasteiger partial charge in [0.2, 0.25) is 0 Å². The number of rotatable bonds is 7. The number of benzene rings is 1. The number of hydrogen-bond acceptors (Lipinski definition) is 3. The van der Waals surface area contributed by atoms with Crippen molar-refractivity contribution in [3.63, 3.8) is 0 Å². The molecule has 0 amide bonds. The molecule has 20 heavy (non-hydrogen) atoms. The summed E-state index contributed by atoms with van der Waals surface area (Å²) in [6, 6.07) is 6.18. The second-order valence-electron chi connectivity index (χ2n) is 6.14. The van der Waals surface area contributed by atoms with Gasteiger partial charge in [-0.05, 0) is 44.6 Å². The fourth-order valence-electron chi connectivity index (χ4n) is 2.13. The van der Waals surface area contributed by atoms with Gasteiger partial charge in [0.15, 0.2) is 0 Å². The van der Waals surface area contributed by atoms with Crippen LogP contribution in [0.25, 0.3) is 0 Å². The zero-order chi connectivity index (χ0) is 15.3. The van der Waals surface area contributed by atoms with Gasteiger partial charge < -0.3 is 15.5 Å². The van der Waals surface area contributed by atoms with Gasteiger partial charge in [-0.3, -0.25) is 0 Å². The van der Waals surface area contributed by atoms with E-state index in [2.05, 4.69) is 49.9 Å². The Bertz CT molecular complexity index is 416. The van der Waals surface area contributed by atoms with Gasteiger partial charge in [0.1, 0.15) is 0 Å². The smallest absolute Gasteiger partial charge is 0.0642 e. The van der Waals surface area contributed by atoms with Crippen molar-refractivity contribution in [2.24, 2.45) is 11.7 Å². The molecule has 0 unspecified atom stereocenters. The van der Waals surface area contributed by atoms with Crippen LogP contribution in [0.4, 0.5) is 5.69 Å². The molecule has 4 heteroatoms. The lowest BCUT2D eigenvalue weighted by Crippen LogP contribution is -2.34. The van der Waals surface area contributed by atoms with E-state index < -0.39 is 0 Å². The van der Waals surface area contributed by atoms with Gasteiger partial charge in [-0.2, -0.15) is 0 Å². The first-order valence-corrected chi connectivity index (χ1v) is 7.63. The molecular formula is C16H28ClN3. The van der Waals surface area contributed by atoms with Gasteiger partial charge in [-0.1, -0.05) is 31.5 Å². The molecular weight excluding hydrogens is 270 g/mol. The summed E-state index contributed by atoms with van der Waals surface area (Å²) in [5, 5.41) is 0.791. The summed E-state index contributed by atoms with van der Waals surface area (Å²) in [5.41, 5.74) is 8.09. The maximum Gasteiger partial charge on any atom is 0.0642 e. The molecule has 0 aliphatic heterocycles. The molecule has 0 aliphatic carbocycles. The zero-order valence-electron chi connectivity index (χ0n) is 13.4. The monoisotopic (exact) mass is 297 g/mol. The highest BCUT2D eigenvalue weighted by Crippen LogP contribution is 2.29. The predicted octanol–water partition coefficient (Wildman–Crippen LogP) is 3.38. The maximum atomic E-state index is 6.46. The van der Waals surface area contributed by atoms with Crippen LogP contribution in [-0.4, -0.2) is 38.6 Å². The summed E-state index contributed by atoms with van der Waals surface area (Å²) in [6.07, 6.45) is 0. The van der Waals surface area contributed by atoms with E-state index in [1.54, 1.807) is 0 Å². The molecule has 0 saturated heterocycles. The van der Waals surface area contributed by atoms with Crippen LogP contribution in [0.15, 0.2) is 18.2 Å². The van der Waals surface area contributed by atoms with Gasteiger partial charge in [-0.15, -0.1) is 0 Å². The lowest BCUT2D eigenvalue weighted by atomic mass is 10.1. The summed E-state index contributed by atoms with van der Waals surface area (Å²) in [5.74, 6) is 0.598. The van der Waals surface area contributed by atoms with Crippen LogP contribution in [-0.2, 0) is 0 Å². The lowest BCUT2D eigenvalue weighted by molar-refractivity contribution is 0.409. The maximum absolute atomic E-state index is 6.46. The molecule has 2 N–H and O–H groups in total. The molecule has 3 nitrogen and oxygen atoms in total. The second kappa shape index (κ2) is 7.87. The molecule has 0 saturated carbocycles. The summed E-state index contributed by atoms with van der Waals surface area (Å²) < 4.78 is 0. The van der Waals surface area contributed by atoms with Crippen LogP contribution < -0.4 is 10.6 Å². The minimum atomic E-state index is 0.0156. The topological polar surface area (TPSA) is 32.5 Å². The third-order valence-corrected chi connectivity index (χ3v) is 3.54. The molecule has 0 fully saturated rings. The fraction of sp³-hybridized carbons (Fsp3) is 0.625. The first kappa shape index (κ1) is 17.3. The van der Waals surface area contributed by atoms with Gasteiger partial charge in [-0.25, -0.2) is 0 Å². The number of hydrogen-bond donors (Lipinski definition) is 1. The molecule has 1 aromatic rings. The number of nitrogens with zero attached hydrogens (tertiary/aromatic N) is 2. The summed E-state index contributed by atoms with van der Waals surface area (Å²) in [4.78, 5) is 4.55. The van der Waals surface area contributed by atoms with E-state index in [-0.39, 0.29) is 6.04 Å². The van der Waals surface area contributed by atoms with E-state index in [1.807, 2.05) is 13.0 Å². The van der Waals surface area contributed by atoms with E-state index in [0.29, 0.717) is 5.92 Å². The van der Waals surface area contributed by atoms with Gasteiger partial charge in [0.05, 0.1) is 10.7 Å². The SMILES string of the molecule is CC(C)CN(CCN(C)C)c1ccc([C@@H](C)N)cc1Cl. The number of likely N-dealkylation sites (N-methyl/N-ethyl adjacent to an activating group) is 1. The fourth-order valence-corrected chi connectivity index (χ4v) is 2.44. The lowest BCUT2D eigenvalue weighted by Gasteiger charge is -2.29. The average Bonchev–Trinajstić information content (AvgIpc) is 2.33. The summed E-state index contributed by atoms with van der Waals surface area (Å²) in [6.45, 7) is 9.43. The Morgan fingerprint density at radius 2 is 1.80 bits per heavy atom. The number of nitrogens with two attached hydrogens (primary N) is 1. The average molecular weight is 298 g/mol. The Hall–Kier alpha value is -0.770. The Kier molecular flexibility index (Phi) is 6.80. The second-order valence-corrected chi connectivity index (χ2v) is 6.55. The van der Waals surface area contributed by atoms with E-state index in [0.717, 1.165) is 35.9 Å². The number of anilines is 1. The van der Waals surface area contributed by atoms with Crippen LogP contribution in [0.2, 0.25) is 5.02 Å². The standard InChI is InChI=1S/C16H28ClN3/c1-12(2)11-20(9-8-19(4)5)16-7-6-14(13(3)18)10-15(16)17/h6-7,10,12-13H,8-9,11,18H2,1-5H3/t13-/m1/s1. The largest absolute Gasteiger partial charge is 0.369 e. The van der Waals surface area contributed by atoms with Crippen molar-refractivity contribution in [3.05, 3.63) is 28.8 Å². The summed E-state index contributed by atoms with van der Waals surface area (Å²) in [7, 11) is 4.18. The molecule has 114 valence electrons. The summed E-state index contributed by atoms with van der Waals surface area (Å²) >= 11 is 6.46. The molecule has 0 spiro atoms. The van der Waals surface area contributed by atoms with Crippen LogP contribution in [0.5, 0.6) is 0 Å². The van der Waals surface area contributed by atoms with Crippen molar-refractivity contribution in [3.8, 4) is 0 Å². The van der Waals surface area contributed by atoms with Crippen molar-refractivity contribution in [1.82, 2.24) is 4.90 Å². The molecule has 0 heterocycles. The predicted molar refractivity (Wildman–Crippen MR) is 89.7 cm³/mol. The molecule has 0 bridgehead atoms. The Balaban J connectivity index is 2.94. The third kappa shape index (κ3) is 5.31. The molecule has 1 atom stereocenters. The Morgan fingerprint density at radius 3 is 2.25 bits per heavy atom. The highest BCUT2D eigenvalue weighted by atomic mass is 35.5. The van der Waals surface area contributed by atoms with E-state index in [4.69, 9.17) is 17.3 Å². The van der Waals surface area contributed by atoms with Gasteiger partial charge >= 0.3 is 0 Å². The van der Waals surface area contributed by atoms with E-state index in [1.165, 1.54) is 0 Å². The molecule has 1 rings (SSSR count). The van der Waals surface area contributed by atoms with Crippen LogP contribution in [0.1, 0.15) is 32.4 Å². The van der Waals surface area contributed by atoms with Crippen molar-refractivity contribution in [2.45, 2.75) is 26.8 Å². The minimum Gasteiger partial charge on any atom is -0.369 e. The van der Waals surface area contributed by atoms with Gasteiger partial charge in [0.25, 0.3) is 0 Å². The molecule has 0 aliphatic rings. The van der Waals surface area contributed by atoms with Crippen LogP contribution in [0, 0.1) is 5.92 Å². The highest BCUT2D eigenvalue weighted by Gasteiger charge is 2.13. The molecule has 0 aromatic heterocycles. The van der Waals surface area contributed by atoms with Gasteiger partial charge in [0, 0.05) is 25.7 Å². The van der Waals surface area contributed by atoms with E-state index >= 15 is 0 Å². The highest BCUT2D eigenvalue weighted by molar-refractivity contribution is 6.33. The third-order valence-electron chi connectivity index (χ3n) is 3.24. The van der Waals surface area contributed by atoms with Crippen LogP contribution >= 0.6 is 11.6 Å². The number of halogens is 1. The van der Waals surface area contributed by atoms with Crippen molar-refractivity contribution < 1.29 is 0 Å². The molecule has 0 radical (unpaired) electrons. The first-order valence-electron chi connectivity index (χ1n) is 7.26. The molecule has 1 aromatic carbocycles. The van der Waals surface area contributed by atoms with Crippen molar-refractivity contribution in [2.75, 3.05) is 38.6 Å².